The number of morpholine rings is 1. The van der Waals surface area contributed by atoms with Gasteiger partial charge >= 0.3 is 0 Å². The molecule has 2 aromatic heterocycles. The molecule has 1 fully saturated rings. The van der Waals surface area contributed by atoms with Crippen LogP contribution in [-0.4, -0.2) is 50.2 Å². The maximum atomic E-state index is 12.0. The molecular weight excluding hydrogens is 272 g/mol. The molecule has 0 aliphatic carbocycles. The van der Waals surface area contributed by atoms with Crippen LogP contribution < -0.4 is 5.32 Å². The molecule has 2 aromatic rings. The predicted molar refractivity (Wildman–Crippen MR) is 76.0 cm³/mol. The number of nitrogens with one attached hydrogen (secondary N) is 1. The summed E-state index contributed by atoms with van der Waals surface area (Å²) in [4.78, 5) is 14.3. The van der Waals surface area contributed by atoms with Crippen molar-refractivity contribution in [1.29, 1.82) is 0 Å². The minimum atomic E-state index is -0.207. The van der Waals surface area contributed by atoms with E-state index >= 15 is 0 Å². The van der Waals surface area contributed by atoms with E-state index in [1.165, 1.54) is 0 Å². The Morgan fingerprint density at radius 2 is 2.05 bits per heavy atom. The molecule has 0 spiro atoms. The molecule has 112 valence electrons. The molecular formula is C15H18N2O4. The Labute approximate surface area is 122 Å². The van der Waals surface area contributed by atoms with E-state index in [1.807, 2.05) is 0 Å². The molecule has 3 rings (SSSR count). The van der Waals surface area contributed by atoms with E-state index in [2.05, 4.69) is 10.2 Å². The Morgan fingerprint density at radius 3 is 2.81 bits per heavy atom. The van der Waals surface area contributed by atoms with Crippen molar-refractivity contribution in [3.63, 3.8) is 0 Å². The van der Waals surface area contributed by atoms with Crippen LogP contribution in [0.25, 0.3) is 11.5 Å². The van der Waals surface area contributed by atoms with Gasteiger partial charge in [0.1, 0.15) is 0 Å². The summed E-state index contributed by atoms with van der Waals surface area (Å²) in [6.45, 7) is 4.77. The lowest BCUT2D eigenvalue weighted by Crippen LogP contribution is -2.41. The number of carbonyl (C=O) groups is 1. The number of carbonyl (C=O) groups excluding carboxylic acids is 1. The Morgan fingerprint density at radius 1 is 1.19 bits per heavy atom. The van der Waals surface area contributed by atoms with Gasteiger partial charge in [-0.3, -0.25) is 9.69 Å². The van der Waals surface area contributed by atoms with Crippen molar-refractivity contribution < 1.29 is 18.4 Å². The maximum absolute atomic E-state index is 12.0. The standard InChI is InChI=1S/C15H18N2O4/c18-15(16-5-6-17-7-10-19-11-8-17)14-4-3-13(21-14)12-2-1-9-20-12/h1-4,9H,5-8,10-11H2,(H,16,18). The summed E-state index contributed by atoms with van der Waals surface area (Å²) in [5.41, 5.74) is 0. The largest absolute Gasteiger partial charge is 0.461 e. The monoisotopic (exact) mass is 290 g/mol. The number of ether oxygens (including phenoxy) is 1. The second kappa shape index (κ2) is 6.60. The van der Waals surface area contributed by atoms with E-state index < -0.39 is 0 Å². The van der Waals surface area contributed by atoms with Crippen molar-refractivity contribution in [2.24, 2.45) is 0 Å². The van der Waals surface area contributed by atoms with Crippen molar-refractivity contribution in [2.75, 3.05) is 39.4 Å². The van der Waals surface area contributed by atoms with Crippen LogP contribution in [0.1, 0.15) is 10.6 Å². The van der Waals surface area contributed by atoms with E-state index in [0.717, 1.165) is 32.8 Å². The predicted octanol–water partition coefficient (Wildman–Crippen LogP) is 1.60. The molecule has 0 saturated carbocycles. The van der Waals surface area contributed by atoms with E-state index in [4.69, 9.17) is 13.6 Å². The Bertz CT molecular complexity index is 570. The zero-order chi connectivity index (χ0) is 14.5. The van der Waals surface area contributed by atoms with Crippen LogP contribution >= 0.6 is 0 Å². The zero-order valence-electron chi connectivity index (χ0n) is 11.7. The average Bonchev–Trinajstić information content (AvgIpc) is 3.19. The number of rotatable bonds is 5. The number of furan rings is 2. The molecule has 0 atom stereocenters. The van der Waals surface area contributed by atoms with Crippen LogP contribution in [0.2, 0.25) is 0 Å². The van der Waals surface area contributed by atoms with Gasteiger partial charge in [0, 0.05) is 26.2 Å². The van der Waals surface area contributed by atoms with Crippen LogP contribution in [0.3, 0.4) is 0 Å². The molecule has 1 N–H and O–H groups in total. The Balaban J connectivity index is 1.49. The van der Waals surface area contributed by atoms with Gasteiger partial charge < -0.3 is 18.9 Å². The third-order valence-electron chi connectivity index (χ3n) is 3.41. The van der Waals surface area contributed by atoms with E-state index in [9.17, 15) is 4.79 Å². The number of amides is 1. The third kappa shape index (κ3) is 3.53. The summed E-state index contributed by atoms with van der Waals surface area (Å²) in [6.07, 6.45) is 1.57. The SMILES string of the molecule is O=C(NCCN1CCOCC1)c1ccc(-c2ccco2)o1. The summed E-state index contributed by atoms with van der Waals surface area (Å²) >= 11 is 0. The third-order valence-corrected chi connectivity index (χ3v) is 3.41. The van der Waals surface area contributed by atoms with E-state index in [1.54, 1.807) is 30.5 Å². The summed E-state index contributed by atoms with van der Waals surface area (Å²) in [7, 11) is 0. The minimum absolute atomic E-state index is 0.207. The van der Waals surface area contributed by atoms with Gasteiger partial charge in [0.2, 0.25) is 0 Å². The second-order valence-electron chi connectivity index (χ2n) is 4.85. The van der Waals surface area contributed by atoms with Gasteiger partial charge in [0.25, 0.3) is 5.91 Å². The second-order valence-corrected chi connectivity index (χ2v) is 4.85. The van der Waals surface area contributed by atoms with Crippen molar-refractivity contribution in [2.45, 2.75) is 0 Å². The first-order valence-electron chi connectivity index (χ1n) is 7.05. The van der Waals surface area contributed by atoms with E-state index in [-0.39, 0.29) is 5.91 Å². The molecule has 0 bridgehead atoms. The zero-order valence-corrected chi connectivity index (χ0v) is 11.7. The lowest BCUT2D eigenvalue weighted by Gasteiger charge is -2.26. The van der Waals surface area contributed by atoms with Gasteiger partial charge in [-0.15, -0.1) is 0 Å². The lowest BCUT2D eigenvalue weighted by atomic mass is 10.3. The minimum Gasteiger partial charge on any atom is -0.461 e. The molecule has 0 aromatic carbocycles. The van der Waals surface area contributed by atoms with Gasteiger partial charge in [-0.05, 0) is 24.3 Å². The van der Waals surface area contributed by atoms with Gasteiger partial charge in [-0.25, -0.2) is 0 Å². The molecule has 1 aliphatic rings. The van der Waals surface area contributed by atoms with Crippen molar-refractivity contribution in [3.8, 4) is 11.5 Å². The molecule has 6 nitrogen and oxygen atoms in total. The summed E-state index contributed by atoms with van der Waals surface area (Å²) in [6, 6.07) is 6.95. The van der Waals surface area contributed by atoms with Crippen molar-refractivity contribution in [1.82, 2.24) is 10.2 Å². The highest BCUT2D eigenvalue weighted by atomic mass is 16.5. The molecule has 6 heteroatoms. The normalized spacial score (nSPS) is 16.0. The van der Waals surface area contributed by atoms with Gasteiger partial charge in [0.15, 0.2) is 17.3 Å². The summed E-state index contributed by atoms with van der Waals surface area (Å²) in [5.74, 6) is 1.25. The molecule has 0 unspecified atom stereocenters. The van der Waals surface area contributed by atoms with E-state index in [0.29, 0.717) is 23.8 Å². The molecule has 1 amide bonds. The Kier molecular flexibility index (Phi) is 4.37. The van der Waals surface area contributed by atoms with Crippen LogP contribution in [0.4, 0.5) is 0 Å². The highest BCUT2D eigenvalue weighted by molar-refractivity contribution is 5.91. The van der Waals surface area contributed by atoms with Crippen molar-refractivity contribution in [3.05, 3.63) is 36.3 Å². The Hall–Kier alpha value is -2.05. The smallest absolute Gasteiger partial charge is 0.287 e. The topological polar surface area (TPSA) is 67.9 Å². The summed E-state index contributed by atoms with van der Waals surface area (Å²) < 4.78 is 16.0. The number of nitrogens with zero attached hydrogens (tertiary/aromatic N) is 1. The first kappa shape index (κ1) is 13.9. The van der Waals surface area contributed by atoms with Crippen LogP contribution in [0.15, 0.2) is 39.4 Å². The van der Waals surface area contributed by atoms with Gasteiger partial charge in [0.05, 0.1) is 19.5 Å². The fourth-order valence-corrected chi connectivity index (χ4v) is 2.25. The molecule has 3 heterocycles. The number of hydrogen-bond donors (Lipinski definition) is 1. The highest BCUT2D eigenvalue weighted by Crippen LogP contribution is 2.22. The first-order valence-corrected chi connectivity index (χ1v) is 7.05. The molecule has 21 heavy (non-hydrogen) atoms. The first-order chi connectivity index (χ1) is 10.3. The average molecular weight is 290 g/mol. The summed E-state index contributed by atoms with van der Waals surface area (Å²) in [5, 5.41) is 2.86. The number of hydrogen-bond acceptors (Lipinski definition) is 5. The van der Waals surface area contributed by atoms with Crippen molar-refractivity contribution >= 4 is 5.91 Å². The van der Waals surface area contributed by atoms with Gasteiger partial charge in [-0.2, -0.15) is 0 Å². The quantitative estimate of drug-likeness (QED) is 0.906. The lowest BCUT2D eigenvalue weighted by molar-refractivity contribution is 0.0382. The van der Waals surface area contributed by atoms with Crippen LogP contribution in [-0.2, 0) is 4.74 Å². The maximum Gasteiger partial charge on any atom is 0.287 e. The van der Waals surface area contributed by atoms with Gasteiger partial charge in [-0.1, -0.05) is 0 Å². The fraction of sp³-hybridized carbons (Fsp3) is 0.400. The molecule has 1 saturated heterocycles. The van der Waals surface area contributed by atoms with Crippen LogP contribution in [0, 0.1) is 0 Å². The molecule has 1 aliphatic heterocycles. The molecule has 0 radical (unpaired) electrons. The fourth-order valence-electron chi connectivity index (χ4n) is 2.25. The highest BCUT2D eigenvalue weighted by Gasteiger charge is 2.14. The van der Waals surface area contributed by atoms with Crippen LogP contribution in [0.5, 0.6) is 0 Å².